The summed E-state index contributed by atoms with van der Waals surface area (Å²) in [6, 6.07) is 4.48. The quantitative estimate of drug-likeness (QED) is 0.885. The SMILES string of the molecule is NC(Cc1ccc(F)cc1Cl)C1CCOC1. The normalized spacial score (nSPS) is 22.3. The summed E-state index contributed by atoms with van der Waals surface area (Å²) in [6.07, 6.45) is 1.67. The van der Waals surface area contributed by atoms with Gasteiger partial charge in [0.25, 0.3) is 0 Å². The number of rotatable bonds is 3. The van der Waals surface area contributed by atoms with Crippen LogP contribution in [0.15, 0.2) is 18.2 Å². The average Bonchev–Trinajstić information content (AvgIpc) is 2.75. The predicted molar refractivity (Wildman–Crippen MR) is 62.0 cm³/mol. The molecule has 1 heterocycles. The minimum Gasteiger partial charge on any atom is -0.381 e. The Morgan fingerprint density at radius 2 is 2.38 bits per heavy atom. The lowest BCUT2D eigenvalue weighted by atomic mass is 9.94. The van der Waals surface area contributed by atoms with Crippen LogP contribution in [-0.4, -0.2) is 19.3 Å². The molecule has 0 aromatic heterocycles. The molecule has 1 aliphatic rings. The molecule has 0 aliphatic carbocycles. The van der Waals surface area contributed by atoms with Crippen LogP contribution in [0.5, 0.6) is 0 Å². The molecule has 2 atom stereocenters. The van der Waals surface area contributed by atoms with Crippen molar-refractivity contribution >= 4 is 11.6 Å². The molecule has 2 rings (SSSR count). The fraction of sp³-hybridized carbons (Fsp3) is 0.500. The summed E-state index contributed by atoms with van der Waals surface area (Å²) in [5.41, 5.74) is 6.99. The summed E-state index contributed by atoms with van der Waals surface area (Å²) in [4.78, 5) is 0. The second kappa shape index (κ2) is 5.13. The van der Waals surface area contributed by atoms with E-state index in [1.165, 1.54) is 12.1 Å². The highest BCUT2D eigenvalue weighted by Gasteiger charge is 2.23. The molecule has 16 heavy (non-hydrogen) atoms. The highest BCUT2D eigenvalue weighted by molar-refractivity contribution is 6.31. The van der Waals surface area contributed by atoms with Crippen molar-refractivity contribution in [2.75, 3.05) is 13.2 Å². The molecule has 88 valence electrons. The molecule has 0 spiro atoms. The minimum absolute atomic E-state index is 0.0328. The lowest BCUT2D eigenvalue weighted by molar-refractivity contribution is 0.180. The van der Waals surface area contributed by atoms with Gasteiger partial charge in [0, 0.05) is 17.7 Å². The van der Waals surface area contributed by atoms with Crippen molar-refractivity contribution in [1.29, 1.82) is 0 Å². The van der Waals surface area contributed by atoms with E-state index in [4.69, 9.17) is 22.1 Å². The number of hydrogen-bond acceptors (Lipinski definition) is 2. The van der Waals surface area contributed by atoms with Crippen LogP contribution in [0, 0.1) is 11.7 Å². The Kier molecular flexibility index (Phi) is 3.79. The minimum atomic E-state index is -0.313. The molecule has 0 amide bonds. The van der Waals surface area contributed by atoms with Gasteiger partial charge >= 0.3 is 0 Å². The van der Waals surface area contributed by atoms with Gasteiger partial charge in [0.2, 0.25) is 0 Å². The third-order valence-electron chi connectivity index (χ3n) is 3.04. The first-order valence-corrected chi connectivity index (χ1v) is 5.82. The van der Waals surface area contributed by atoms with Crippen LogP contribution in [0.4, 0.5) is 4.39 Å². The number of benzene rings is 1. The lowest BCUT2D eigenvalue weighted by Gasteiger charge is -2.18. The smallest absolute Gasteiger partial charge is 0.124 e. The molecule has 0 bridgehead atoms. The summed E-state index contributed by atoms with van der Waals surface area (Å²) in [6.45, 7) is 1.51. The zero-order chi connectivity index (χ0) is 11.5. The molecule has 4 heteroatoms. The molecule has 1 aromatic carbocycles. The van der Waals surface area contributed by atoms with Crippen LogP contribution in [-0.2, 0) is 11.2 Å². The fourth-order valence-corrected chi connectivity index (χ4v) is 2.24. The Labute approximate surface area is 99.5 Å². The van der Waals surface area contributed by atoms with Crippen LogP contribution < -0.4 is 5.73 Å². The van der Waals surface area contributed by atoms with E-state index in [1.807, 2.05) is 0 Å². The van der Waals surface area contributed by atoms with E-state index in [1.54, 1.807) is 6.07 Å². The first-order chi connectivity index (χ1) is 7.66. The van der Waals surface area contributed by atoms with Gasteiger partial charge in [-0.3, -0.25) is 0 Å². The van der Waals surface area contributed by atoms with Crippen LogP contribution in [0.3, 0.4) is 0 Å². The Bertz CT molecular complexity index is 366. The topological polar surface area (TPSA) is 35.2 Å². The Hall–Kier alpha value is -0.640. The van der Waals surface area contributed by atoms with Crippen molar-refractivity contribution < 1.29 is 9.13 Å². The van der Waals surface area contributed by atoms with Crippen molar-refractivity contribution in [3.05, 3.63) is 34.6 Å². The van der Waals surface area contributed by atoms with E-state index in [0.29, 0.717) is 17.4 Å². The third kappa shape index (κ3) is 2.73. The molecular weight excluding hydrogens is 229 g/mol. The van der Waals surface area contributed by atoms with E-state index >= 15 is 0 Å². The molecule has 0 radical (unpaired) electrons. The van der Waals surface area contributed by atoms with E-state index in [0.717, 1.165) is 25.2 Å². The largest absolute Gasteiger partial charge is 0.381 e. The van der Waals surface area contributed by atoms with Crippen molar-refractivity contribution in [2.45, 2.75) is 18.9 Å². The number of ether oxygens (including phenoxy) is 1. The van der Waals surface area contributed by atoms with Gasteiger partial charge in [0.1, 0.15) is 5.82 Å². The molecule has 1 fully saturated rings. The van der Waals surface area contributed by atoms with Crippen LogP contribution in [0.25, 0.3) is 0 Å². The molecular formula is C12H15ClFNO. The maximum absolute atomic E-state index is 12.9. The van der Waals surface area contributed by atoms with Crippen molar-refractivity contribution in [3.8, 4) is 0 Å². The first kappa shape index (κ1) is 11.8. The van der Waals surface area contributed by atoms with Gasteiger partial charge in [-0.15, -0.1) is 0 Å². The highest BCUT2D eigenvalue weighted by atomic mass is 35.5. The molecule has 2 nitrogen and oxygen atoms in total. The summed E-state index contributed by atoms with van der Waals surface area (Å²) in [5.74, 6) is 0.0765. The van der Waals surface area contributed by atoms with Gasteiger partial charge in [0.05, 0.1) is 6.61 Å². The van der Waals surface area contributed by atoms with Gasteiger partial charge in [-0.2, -0.15) is 0 Å². The van der Waals surface area contributed by atoms with Crippen molar-refractivity contribution in [3.63, 3.8) is 0 Å². The van der Waals surface area contributed by atoms with Gasteiger partial charge in [-0.25, -0.2) is 4.39 Å². The predicted octanol–water partition coefficient (Wildman–Crippen LogP) is 2.39. The first-order valence-electron chi connectivity index (χ1n) is 5.44. The second-order valence-electron chi connectivity index (χ2n) is 4.23. The maximum Gasteiger partial charge on any atom is 0.124 e. The Morgan fingerprint density at radius 1 is 1.56 bits per heavy atom. The summed E-state index contributed by atoms with van der Waals surface area (Å²) >= 11 is 5.95. The molecule has 1 aromatic rings. The van der Waals surface area contributed by atoms with Gasteiger partial charge < -0.3 is 10.5 Å². The Balaban J connectivity index is 2.02. The van der Waals surface area contributed by atoms with Gasteiger partial charge in [0.15, 0.2) is 0 Å². The van der Waals surface area contributed by atoms with Crippen LogP contribution in [0.1, 0.15) is 12.0 Å². The van der Waals surface area contributed by atoms with Crippen LogP contribution >= 0.6 is 11.6 Å². The zero-order valence-corrected chi connectivity index (χ0v) is 9.71. The van der Waals surface area contributed by atoms with Crippen LogP contribution in [0.2, 0.25) is 5.02 Å². The summed E-state index contributed by atoms with van der Waals surface area (Å²) in [5, 5.41) is 0.453. The van der Waals surface area contributed by atoms with E-state index in [2.05, 4.69) is 0 Å². The number of halogens is 2. The zero-order valence-electron chi connectivity index (χ0n) is 8.96. The van der Waals surface area contributed by atoms with E-state index in [9.17, 15) is 4.39 Å². The number of nitrogens with two attached hydrogens (primary N) is 1. The molecule has 2 N–H and O–H groups in total. The average molecular weight is 244 g/mol. The molecule has 0 saturated carbocycles. The fourth-order valence-electron chi connectivity index (χ4n) is 2.00. The summed E-state index contributed by atoms with van der Waals surface area (Å²) in [7, 11) is 0. The maximum atomic E-state index is 12.9. The number of hydrogen-bond donors (Lipinski definition) is 1. The molecule has 2 unspecified atom stereocenters. The van der Waals surface area contributed by atoms with Gasteiger partial charge in [-0.05, 0) is 36.5 Å². The van der Waals surface area contributed by atoms with Crippen molar-refractivity contribution in [1.82, 2.24) is 0 Å². The van der Waals surface area contributed by atoms with E-state index < -0.39 is 0 Å². The Morgan fingerprint density at radius 3 is 3.00 bits per heavy atom. The monoisotopic (exact) mass is 243 g/mol. The highest BCUT2D eigenvalue weighted by Crippen LogP contribution is 2.23. The van der Waals surface area contributed by atoms with Gasteiger partial charge in [-0.1, -0.05) is 17.7 Å². The lowest BCUT2D eigenvalue weighted by Crippen LogP contribution is -2.32. The van der Waals surface area contributed by atoms with Crippen molar-refractivity contribution in [2.24, 2.45) is 11.7 Å². The molecule has 1 saturated heterocycles. The summed E-state index contributed by atoms with van der Waals surface area (Å²) < 4.78 is 18.1. The standard InChI is InChI=1S/C12H15ClFNO/c13-11-6-10(14)2-1-8(11)5-12(15)9-3-4-16-7-9/h1-2,6,9,12H,3-5,7,15H2. The second-order valence-corrected chi connectivity index (χ2v) is 4.63. The molecule has 1 aliphatic heterocycles. The third-order valence-corrected chi connectivity index (χ3v) is 3.39. The van der Waals surface area contributed by atoms with E-state index in [-0.39, 0.29) is 11.9 Å².